The fourth-order valence-electron chi connectivity index (χ4n) is 1.99. The summed E-state index contributed by atoms with van der Waals surface area (Å²) in [6.45, 7) is 5.75. The summed E-state index contributed by atoms with van der Waals surface area (Å²) in [6.07, 6.45) is 2.62. The first-order valence-corrected chi connectivity index (χ1v) is 7.13. The SMILES string of the molecule is CCNc1nc(NCC(C)N(C)C2CC2)nc(OC)n1. The summed E-state index contributed by atoms with van der Waals surface area (Å²) in [4.78, 5) is 15.1. The summed E-state index contributed by atoms with van der Waals surface area (Å²) >= 11 is 0. The van der Waals surface area contributed by atoms with E-state index in [9.17, 15) is 0 Å². The van der Waals surface area contributed by atoms with E-state index in [1.54, 1.807) is 7.11 Å². The van der Waals surface area contributed by atoms with Crippen LogP contribution in [0.1, 0.15) is 26.7 Å². The first-order valence-electron chi connectivity index (χ1n) is 7.13. The molecule has 0 aliphatic heterocycles. The molecule has 0 radical (unpaired) electrons. The molecule has 1 aliphatic rings. The molecule has 0 saturated heterocycles. The molecule has 0 amide bonds. The van der Waals surface area contributed by atoms with Crippen molar-refractivity contribution in [3.05, 3.63) is 0 Å². The second kappa shape index (κ2) is 6.69. The summed E-state index contributed by atoms with van der Waals surface area (Å²) in [5.74, 6) is 1.08. The molecule has 1 aliphatic carbocycles. The van der Waals surface area contributed by atoms with Gasteiger partial charge in [0.25, 0.3) is 0 Å². The monoisotopic (exact) mass is 280 g/mol. The van der Waals surface area contributed by atoms with Crippen LogP contribution in [0, 0.1) is 0 Å². The van der Waals surface area contributed by atoms with Crippen LogP contribution in [-0.4, -0.2) is 59.2 Å². The Balaban J connectivity index is 1.95. The number of anilines is 2. The minimum atomic E-state index is 0.321. The van der Waals surface area contributed by atoms with Gasteiger partial charge in [-0.05, 0) is 33.7 Å². The van der Waals surface area contributed by atoms with Gasteiger partial charge in [0.05, 0.1) is 7.11 Å². The van der Waals surface area contributed by atoms with E-state index < -0.39 is 0 Å². The van der Waals surface area contributed by atoms with Gasteiger partial charge in [-0.2, -0.15) is 15.0 Å². The molecule has 1 atom stereocenters. The predicted molar refractivity (Wildman–Crippen MR) is 79.3 cm³/mol. The van der Waals surface area contributed by atoms with Gasteiger partial charge in [-0.3, -0.25) is 4.90 Å². The van der Waals surface area contributed by atoms with Crippen LogP contribution in [0.5, 0.6) is 6.01 Å². The van der Waals surface area contributed by atoms with E-state index in [-0.39, 0.29) is 0 Å². The van der Waals surface area contributed by atoms with Gasteiger partial charge in [-0.15, -0.1) is 0 Å². The van der Waals surface area contributed by atoms with Crippen molar-refractivity contribution >= 4 is 11.9 Å². The lowest BCUT2D eigenvalue weighted by molar-refractivity contribution is 0.257. The molecule has 1 aromatic heterocycles. The van der Waals surface area contributed by atoms with E-state index in [4.69, 9.17) is 4.74 Å². The largest absolute Gasteiger partial charge is 0.467 e. The highest BCUT2D eigenvalue weighted by molar-refractivity contribution is 5.35. The summed E-state index contributed by atoms with van der Waals surface area (Å²) < 4.78 is 5.09. The number of rotatable bonds is 8. The average molecular weight is 280 g/mol. The fraction of sp³-hybridized carbons (Fsp3) is 0.769. The van der Waals surface area contributed by atoms with Crippen LogP contribution >= 0.6 is 0 Å². The average Bonchev–Trinajstić information content (AvgIpc) is 3.28. The van der Waals surface area contributed by atoms with Crippen LogP contribution in [0.15, 0.2) is 0 Å². The third kappa shape index (κ3) is 3.93. The molecule has 7 nitrogen and oxygen atoms in total. The van der Waals surface area contributed by atoms with Crippen molar-refractivity contribution in [2.75, 3.05) is 37.9 Å². The number of nitrogens with zero attached hydrogens (tertiary/aromatic N) is 4. The predicted octanol–water partition coefficient (Wildman–Crippen LogP) is 1.21. The summed E-state index contributed by atoms with van der Waals surface area (Å²) in [5.41, 5.74) is 0. The molecule has 112 valence electrons. The van der Waals surface area contributed by atoms with E-state index in [0.717, 1.165) is 19.1 Å². The Morgan fingerprint density at radius 1 is 1.25 bits per heavy atom. The van der Waals surface area contributed by atoms with Crippen molar-refractivity contribution in [3.63, 3.8) is 0 Å². The zero-order chi connectivity index (χ0) is 14.5. The Kier molecular flexibility index (Phi) is 4.94. The van der Waals surface area contributed by atoms with Crippen LogP contribution in [0.2, 0.25) is 0 Å². The Morgan fingerprint density at radius 3 is 2.45 bits per heavy atom. The lowest BCUT2D eigenvalue weighted by atomic mass is 10.3. The highest BCUT2D eigenvalue weighted by Crippen LogP contribution is 2.26. The van der Waals surface area contributed by atoms with Crippen molar-refractivity contribution in [1.82, 2.24) is 19.9 Å². The Hall–Kier alpha value is -1.63. The van der Waals surface area contributed by atoms with E-state index in [2.05, 4.69) is 44.5 Å². The van der Waals surface area contributed by atoms with E-state index in [1.165, 1.54) is 12.8 Å². The molecule has 1 aromatic rings. The number of hydrogen-bond acceptors (Lipinski definition) is 7. The zero-order valence-electron chi connectivity index (χ0n) is 12.7. The van der Waals surface area contributed by atoms with Crippen LogP contribution in [-0.2, 0) is 0 Å². The Labute approximate surface area is 120 Å². The minimum absolute atomic E-state index is 0.321. The first kappa shape index (κ1) is 14.8. The maximum absolute atomic E-state index is 5.09. The van der Waals surface area contributed by atoms with Crippen molar-refractivity contribution < 1.29 is 4.74 Å². The van der Waals surface area contributed by atoms with Gasteiger partial charge in [0, 0.05) is 25.2 Å². The Morgan fingerprint density at radius 2 is 1.90 bits per heavy atom. The van der Waals surface area contributed by atoms with Crippen molar-refractivity contribution in [1.29, 1.82) is 0 Å². The van der Waals surface area contributed by atoms with E-state index >= 15 is 0 Å². The van der Waals surface area contributed by atoms with Crippen molar-refractivity contribution in [2.24, 2.45) is 0 Å². The van der Waals surface area contributed by atoms with Gasteiger partial charge in [-0.25, -0.2) is 0 Å². The maximum Gasteiger partial charge on any atom is 0.322 e. The fourth-order valence-corrected chi connectivity index (χ4v) is 1.99. The second-order valence-corrected chi connectivity index (χ2v) is 5.13. The van der Waals surface area contributed by atoms with Gasteiger partial charge < -0.3 is 15.4 Å². The second-order valence-electron chi connectivity index (χ2n) is 5.13. The van der Waals surface area contributed by atoms with E-state index in [1.807, 2.05) is 6.92 Å². The summed E-state index contributed by atoms with van der Waals surface area (Å²) in [7, 11) is 3.72. The molecule has 0 aromatic carbocycles. The number of aromatic nitrogens is 3. The van der Waals surface area contributed by atoms with Gasteiger partial charge in [0.1, 0.15) is 0 Å². The van der Waals surface area contributed by atoms with Crippen LogP contribution in [0.4, 0.5) is 11.9 Å². The minimum Gasteiger partial charge on any atom is -0.467 e. The number of nitrogens with one attached hydrogen (secondary N) is 2. The number of hydrogen-bond donors (Lipinski definition) is 2. The third-order valence-electron chi connectivity index (χ3n) is 3.51. The highest BCUT2D eigenvalue weighted by Gasteiger charge is 2.28. The van der Waals surface area contributed by atoms with E-state index in [0.29, 0.717) is 23.9 Å². The molecular formula is C13H24N6O. The molecular weight excluding hydrogens is 256 g/mol. The van der Waals surface area contributed by atoms with Gasteiger partial charge in [0.15, 0.2) is 0 Å². The van der Waals surface area contributed by atoms with Gasteiger partial charge in [-0.1, -0.05) is 0 Å². The van der Waals surface area contributed by atoms with Crippen molar-refractivity contribution in [3.8, 4) is 6.01 Å². The first-order chi connectivity index (χ1) is 9.63. The molecule has 2 N–H and O–H groups in total. The molecule has 2 rings (SSSR count). The molecule has 20 heavy (non-hydrogen) atoms. The topological polar surface area (TPSA) is 75.2 Å². The quantitative estimate of drug-likeness (QED) is 0.741. The smallest absolute Gasteiger partial charge is 0.322 e. The Bertz CT molecular complexity index is 437. The molecule has 1 saturated carbocycles. The summed E-state index contributed by atoms with van der Waals surface area (Å²) in [6, 6.07) is 1.51. The van der Waals surface area contributed by atoms with Gasteiger partial charge >= 0.3 is 6.01 Å². The molecule has 1 heterocycles. The third-order valence-corrected chi connectivity index (χ3v) is 3.51. The lowest BCUT2D eigenvalue weighted by Gasteiger charge is -2.24. The summed E-state index contributed by atoms with van der Waals surface area (Å²) in [5, 5.41) is 6.33. The lowest BCUT2D eigenvalue weighted by Crippen LogP contribution is -2.36. The van der Waals surface area contributed by atoms with Crippen LogP contribution in [0.25, 0.3) is 0 Å². The standard InChI is InChI=1S/C13H24N6O/c1-5-14-11-16-12(18-13(17-11)20-4)15-8-9(2)19(3)10-6-7-10/h9-10H,5-8H2,1-4H3,(H2,14,15,16,17,18). The normalized spacial score (nSPS) is 16.1. The van der Waals surface area contributed by atoms with Crippen LogP contribution < -0.4 is 15.4 Å². The molecule has 0 spiro atoms. The molecule has 1 unspecified atom stereocenters. The molecule has 0 bridgehead atoms. The number of likely N-dealkylation sites (N-methyl/N-ethyl adjacent to an activating group) is 1. The zero-order valence-corrected chi connectivity index (χ0v) is 12.7. The van der Waals surface area contributed by atoms with Crippen molar-refractivity contribution in [2.45, 2.75) is 38.8 Å². The molecule has 1 fully saturated rings. The highest BCUT2D eigenvalue weighted by atomic mass is 16.5. The van der Waals surface area contributed by atoms with Crippen LogP contribution in [0.3, 0.4) is 0 Å². The number of ether oxygens (including phenoxy) is 1. The molecule has 7 heteroatoms. The number of methoxy groups -OCH3 is 1. The van der Waals surface area contributed by atoms with Gasteiger partial charge in [0.2, 0.25) is 11.9 Å². The maximum atomic E-state index is 5.09.